The topological polar surface area (TPSA) is 26.7 Å². The molecule has 0 amide bonds. The normalized spacial score (nSPS) is 18.7. The molecule has 0 saturated carbocycles. The van der Waals surface area contributed by atoms with Crippen molar-refractivity contribution in [2.24, 2.45) is 0 Å². The Balaban J connectivity index is 1.53. The molecule has 1 atom stereocenters. The zero-order chi connectivity index (χ0) is 19.1. The maximum absolute atomic E-state index is 14.0. The number of benzene rings is 2. The molecule has 0 bridgehead atoms. The standard InChI is InChI=1S/C22H28F2N2O/c23-21-10-4-9-19(22(21)24)16-25-13-14-26(20(17-25)11-15-27)12-5-8-18-6-2-1-3-7-18/h1-4,6-7,9-10,20,27H,5,8,11-17H2. The molecule has 2 aromatic rings. The van der Waals surface area contributed by atoms with E-state index < -0.39 is 11.6 Å². The van der Waals surface area contributed by atoms with Gasteiger partial charge in [-0.3, -0.25) is 9.80 Å². The first-order chi connectivity index (χ1) is 13.2. The smallest absolute Gasteiger partial charge is 0.163 e. The number of aliphatic hydroxyl groups is 1. The first kappa shape index (κ1) is 19.9. The molecule has 1 N–H and O–H groups in total. The predicted octanol–water partition coefficient (Wildman–Crippen LogP) is 3.47. The number of rotatable bonds is 8. The van der Waals surface area contributed by atoms with Crippen molar-refractivity contribution in [1.82, 2.24) is 9.80 Å². The van der Waals surface area contributed by atoms with Gasteiger partial charge in [-0.2, -0.15) is 0 Å². The molecule has 2 aromatic carbocycles. The Bertz CT molecular complexity index is 711. The molecule has 27 heavy (non-hydrogen) atoms. The van der Waals surface area contributed by atoms with Crippen LogP contribution in [0.1, 0.15) is 24.0 Å². The van der Waals surface area contributed by atoms with Crippen LogP contribution in [0.3, 0.4) is 0 Å². The van der Waals surface area contributed by atoms with E-state index in [0.29, 0.717) is 18.5 Å². The van der Waals surface area contributed by atoms with E-state index in [9.17, 15) is 13.9 Å². The lowest BCUT2D eigenvalue weighted by Gasteiger charge is -2.41. The van der Waals surface area contributed by atoms with Gasteiger partial charge in [-0.05, 0) is 37.4 Å². The minimum Gasteiger partial charge on any atom is -0.396 e. The van der Waals surface area contributed by atoms with E-state index in [1.54, 1.807) is 12.1 Å². The zero-order valence-corrected chi connectivity index (χ0v) is 15.7. The molecule has 0 spiro atoms. The third-order valence-electron chi connectivity index (χ3n) is 5.33. The number of hydrogen-bond acceptors (Lipinski definition) is 3. The van der Waals surface area contributed by atoms with Crippen LogP contribution in [-0.2, 0) is 13.0 Å². The van der Waals surface area contributed by atoms with E-state index in [1.165, 1.54) is 5.56 Å². The fourth-order valence-corrected chi connectivity index (χ4v) is 3.86. The van der Waals surface area contributed by atoms with Crippen LogP contribution >= 0.6 is 0 Å². The van der Waals surface area contributed by atoms with Gasteiger partial charge >= 0.3 is 0 Å². The third-order valence-corrected chi connectivity index (χ3v) is 5.33. The average molecular weight is 374 g/mol. The summed E-state index contributed by atoms with van der Waals surface area (Å²) in [6.07, 6.45) is 2.82. The lowest BCUT2D eigenvalue weighted by molar-refractivity contribution is 0.0541. The number of aliphatic hydroxyl groups excluding tert-OH is 1. The van der Waals surface area contributed by atoms with Crippen molar-refractivity contribution in [3.63, 3.8) is 0 Å². The SMILES string of the molecule is OCCC1CN(Cc2cccc(F)c2F)CCN1CCCc1ccccc1. The fraction of sp³-hybridized carbons (Fsp3) is 0.455. The van der Waals surface area contributed by atoms with Crippen molar-refractivity contribution in [2.75, 3.05) is 32.8 Å². The largest absolute Gasteiger partial charge is 0.396 e. The molecule has 1 unspecified atom stereocenters. The summed E-state index contributed by atoms with van der Waals surface area (Å²) < 4.78 is 27.4. The Hall–Kier alpha value is -1.82. The lowest BCUT2D eigenvalue weighted by atomic mass is 10.1. The second kappa shape index (κ2) is 9.93. The number of nitrogens with zero attached hydrogens (tertiary/aromatic N) is 2. The van der Waals surface area contributed by atoms with Crippen LogP contribution in [0.25, 0.3) is 0 Å². The van der Waals surface area contributed by atoms with Gasteiger partial charge in [0.2, 0.25) is 0 Å². The second-order valence-electron chi connectivity index (χ2n) is 7.24. The van der Waals surface area contributed by atoms with E-state index in [4.69, 9.17) is 0 Å². The number of hydrogen-bond donors (Lipinski definition) is 1. The second-order valence-corrected chi connectivity index (χ2v) is 7.24. The number of halogens is 2. The molecule has 0 aliphatic carbocycles. The van der Waals surface area contributed by atoms with Gasteiger partial charge in [-0.1, -0.05) is 42.5 Å². The molecule has 1 fully saturated rings. The first-order valence-electron chi connectivity index (χ1n) is 9.71. The van der Waals surface area contributed by atoms with E-state index >= 15 is 0 Å². The highest BCUT2D eigenvalue weighted by molar-refractivity contribution is 5.19. The van der Waals surface area contributed by atoms with Crippen LogP contribution in [0.4, 0.5) is 8.78 Å². The summed E-state index contributed by atoms with van der Waals surface area (Å²) in [6.45, 7) is 4.01. The van der Waals surface area contributed by atoms with E-state index in [2.05, 4.69) is 34.1 Å². The van der Waals surface area contributed by atoms with Crippen molar-refractivity contribution >= 4 is 0 Å². The van der Waals surface area contributed by atoms with Crippen LogP contribution in [-0.4, -0.2) is 53.7 Å². The number of aryl methyl sites for hydroxylation is 1. The van der Waals surface area contributed by atoms with Crippen LogP contribution in [0, 0.1) is 11.6 Å². The molecule has 1 saturated heterocycles. The highest BCUT2D eigenvalue weighted by Crippen LogP contribution is 2.19. The van der Waals surface area contributed by atoms with Gasteiger partial charge in [0.25, 0.3) is 0 Å². The van der Waals surface area contributed by atoms with Gasteiger partial charge in [0.05, 0.1) is 0 Å². The average Bonchev–Trinajstić information content (AvgIpc) is 2.68. The van der Waals surface area contributed by atoms with Gasteiger partial charge in [0.15, 0.2) is 11.6 Å². The molecule has 0 aromatic heterocycles. The lowest BCUT2D eigenvalue weighted by Crippen LogP contribution is -2.53. The minimum atomic E-state index is -0.793. The molecule has 5 heteroatoms. The van der Waals surface area contributed by atoms with Crippen molar-refractivity contribution in [3.05, 3.63) is 71.3 Å². The fourth-order valence-electron chi connectivity index (χ4n) is 3.86. The minimum absolute atomic E-state index is 0.141. The third kappa shape index (κ3) is 5.58. The predicted molar refractivity (Wildman–Crippen MR) is 103 cm³/mol. The van der Waals surface area contributed by atoms with E-state index in [1.807, 2.05) is 6.07 Å². The van der Waals surface area contributed by atoms with Crippen LogP contribution in [0.15, 0.2) is 48.5 Å². The van der Waals surface area contributed by atoms with Crippen molar-refractivity contribution in [1.29, 1.82) is 0 Å². The zero-order valence-electron chi connectivity index (χ0n) is 15.7. The molecule has 1 aliphatic heterocycles. The first-order valence-corrected chi connectivity index (χ1v) is 9.71. The van der Waals surface area contributed by atoms with Gasteiger partial charge in [0, 0.05) is 44.4 Å². The monoisotopic (exact) mass is 374 g/mol. The van der Waals surface area contributed by atoms with Crippen molar-refractivity contribution in [2.45, 2.75) is 31.8 Å². The Kier molecular flexibility index (Phi) is 7.33. The Labute approximate surface area is 160 Å². The highest BCUT2D eigenvalue weighted by atomic mass is 19.2. The summed E-state index contributed by atoms with van der Waals surface area (Å²) in [5.74, 6) is -1.54. The molecule has 3 nitrogen and oxygen atoms in total. The Morgan fingerprint density at radius 3 is 2.59 bits per heavy atom. The highest BCUT2D eigenvalue weighted by Gasteiger charge is 2.26. The quantitative estimate of drug-likeness (QED) is 0.767. The summed E-state index contributed by atoms with van der Waals surface area (Å²) in [4.78, 5) is 4.59. The molecule has 3 rings (SSSR count). The van der Waals surface area contributed by atoms with E-state index in [-0.39, 0.29) is 12.6 Å². The van der Waals surface area contributed by atoms with Crippen molar-refractivity contribution < 1.29 is 13.9 Å². The summed E-state index contributed by atoms with van der Waals surface area (Å²) >= 11 is 0. The number of piperazine rings is 1. The van der Waals surface area contributed by atoms with Crippen molar-refractivity contribution in [3.8, 4) is 0 Å². The molecule has 0 radical (unpaired) electrons. The van der Waals surface area contributed by atoms with Crippen LogP contribution in [0.2, 0.25) is 0 Å². The molecular formula is C22H28F2N2O. The maximum Gasteiger partial charge on any atom is 0.163 e. The van der Waals surface area contributed by atoms with Gasteiger partial charge in [0.1, 0.15) is 0 Å². The van der Waals surface area contributed by atoms with Crippen LogP contribution < -0.4 is 0 Å². The molecule has 1 aliphatic rings. The summed E-state index contributed by atoms with van der Waals surface area (Å²) in [5.41, 5.74) is 1.74. The summed E-state index contributed by atoms with van der Waals surface area (Å²) in [5, 5.41) is 9.44. The van der Waals surface area contributed by atoms with E-state index in [0.717, 1.165) is 45.1 Å². The van der Waals surface area contributed by atoms with Gasteiger partial charge in [-0.15, -0.1) is 0 Å². The molecule has 146 valence electrons. The maximum atomic E-state index is 14.0. The molecular weight excluding hydrogens is 346 g/mol. The Morgan fingerprint density at radius 1 is 1.00 bits per heavy atom. The van der Waals surface area contributed by atoms with Crippen LogP contribution in [0.5, 0.6) is 0 Å². The molecule has 1 heterocycles. The summed E-state index contributed by atoms with van der Waals surface area (Å²) in [7, 11) is 0. The summed E-state index contributed by atoms with van der Waals surface area (Å²) in [6, 6.07) is 15.1. The van der Waals surface area contributed by atoms with Gasteiger partial charge in [-0.25, -0.2) is 8.78 Å². The Morgan fingerprint density at radius 2 is 1.81 bits per heavy atom. The van der Waals surface area contributed by atoms with Gasteiger partial charge < -0.3 is 5.11 Å².